The molecule has 1 fully saturated rings. The van der Waals surface area contributed by atoms with Crippen LogP contribution in [0.15, 0.2) is 61.2 Å². The maximum Gasteiger partial charge on any atom is 0.252 e. The molecular formula is C22H19N3O2S. The fraction of sp³-hybridized carbons (Fsp3) is 0.182. The Labute approximate surface area is 167 Å². The number of fused-ring (bicyclic) bond motifs is 4. The minimum Gasteiger partial charge on any atom is -0.508 e. The fourth-order valence-corrected chi connectivity index (χ4v) is 4.83. The van der Waals surface area contributed by atoms with Crippen molar-refractivity contribution in [3.8, 4) is 5.75 Å². The van der Waals surface area contributed by atoms with Crippen molar-refractivity contribution in [3.63, 3.8) is 0 Å². The molecule has 2 atom stereocenters. The van der Waals surface area contributed by atoms with Crippen molar-refractivity contribution in [2.75, 3.05) is 6.54 Å². The Bertz CT molecular complexity index is 1120. The Morgan fingerprint density at radius 1 is 1.21 bits per heavy atom. The molecule has 1 saturated heterocycles. The van der Waals surface area contributed by atoms with Crippen LogP contribution in [-0.4, -0.2) is 43.5 Å². The van der Waals surface area contributed by atoms with Gasteiger partial charge >= 0.3 is 0 Å². The van der Waals surface area contributed by atoms with Crippen molar-refractivity contribution in [1.82, 2.24) is 14.8 Å². The lowest BCUT2D eigenvalue weighted by Crippen LogP contribution is -2.44. The Hall–Kier alpha value is -3.12. The molecule has 1 amide bonds. The molecule has 5 rings (SSSR count). The molecule has 2 aliphatic rings. The summed E-state index contributed by atoms with van der Waals surface area (Å²) in [5, 5.41) is 11.4. The van der Waals surface area contributed by atoms with Gasteiger partial charge in [0.05, 0.1) is 6.04 Å². The summed E-state index contributed by atoms with van der Waals surface area (Å²) in [4.78, 5) is 20.4. The van der Waals surface area contributed by atoms with Crippen molar-refractivity contribution in [2.24, 2.45) is 0 Å². The topological polar surface area (TPSA) is 59.6 Å². The monoisotopic (exact) mass is 389 g/mol. The maximum atomic E-state index is 13.1. The smallest absolute Gasteiger partial charge is 0.252 e. The van der Waals surface area contributed by atoms with Crippen LogP contribution in [0.3, 0.4) is 0 Å². The number of aromatic nitrogens is 1. The highest BCUT2D eigenvalue weighted by molar-refractivity contribution is 7.80. The highest BCUT2D eigenvalue weighted by Gasteiger charge is 2.50. The minimum absolute atomic E-state index is 0.0182. The van der Waals surface area contributed by atoms with Crippen molar-refractivity contribution in [3.05, 3.63) is 78.0 Å². The van der Waals surface area contributed by atoms with Gasteiger partial charge in [-0.2, -0.15) is 0 Å². The largest absolute Gasteiger partial charge is 0.508 e. The van der Waals surface area contributed by atoms with E-state index >= 15 is 0 Å². The number of hydrogen-bond donors (Lipinski definition) is 2. The molecule has 28 heavy (non-hydrogen) atoms. The second-order valence-electron chi connectivity index (χ2n) is 7.20. The Balaban J connectivity index is 1.73. The van der Waals surface area contributed by atoms with E-state index in [1.165, 1.54) is 0 Å². The number of phenolic OH excluding ortho intramolecular Hbond substituents is 1. The molecule has 3 heterocycles. The summed E-state index contributed by atoms with van der Waals surface area (Å²) >= 11 is 5.71. The standard InChI is InChI=1S/C22H19N3O2S/c1-2-11-24-21(27)18-12-16-15-5-3-4-6-17(15)23-19(16)20(25(18)22(24)28)13-7-9-14(26)10-8-13/h2-10,18,20,23,26H,1,11-12H2/t18-,20-/m0/s1. The summed E-state index contributed by atoms with van der Waals surface area (Å²) in [7, 11) is 0. The van der Waals surface area contributed by atoms with Crippen LogP contribution >= 0.6 is 12.2 Å². The number of para-hydroxylation sites is 1. The van der Waals surface area contributed by atoms with E-state index in [-0.39, 0.29) is 23.7 Å². The van der Waals surface area contributed by atoms with Crippen LogP contribution in [-0.2, 0) is 11.2 Å². The number of amides is 1. The lowest BCUT2D eigenvalue weighted by Gasteiger charge is -2.37. The highest BCUT2D eigenvalue weighted by atomic mass is 32.1. The molecule has 2 aliphatic heterocycles. The lowest BCUT2D eigenvalue weighted by molar-refractivity contribution is -0.128. The number of hydrogen-bond acceptors (Lipinski definition) is 3. The first kappa shape index (κ1) is 17.0. The average Bonchev–Trinajstić information content (AvgIpc) is 3.19. The van der Waals surface area contributed by atoms with E-state index in [2.05, 4.69) is 23.7 Å². The normalized spacial score (nSPS) is 21.1. The second-order valence-corrected chi connectivity index (χ2v) is 7.57. The summed E-state index contributed by atoms with van der Waals surface area (Å²) < 4.78 is 0. The number of carbonyl (C=O) groups excluding carboxylic acids is 1. The molecule has 0 radical (unpaired) electrons. The number of carbonyl (C=O) groups is 1. The van der Waals surface area contributed by atoms with Crippen LogP contribution in [0, 0.1) is 0 Å². The van der Waals surface area contributed by atoms with E-state index in [1.54, 1.807) is 23.1 Å². The van der Waals surface area contributed by atoms with Gasteiger partial charge in [-0.15, -0.1) is 6.58 Å². The Morgan fingerprint density at radius 3 is 2.71 bits per heavy atom. The van der Waals surface area contributed by atoms with Gasteiger partial charge < -0.3 is 15.0 Å². The summed E-state index contributed by atoms with van der Waals surface area (Å²) in [6, 6.07) is 14.7. The van der Waals surface area contributed by atoms with Crippen LogP contribution in [0.25, 0.3) is 10.9 Å². The molecule has 0 saturated carbocycles. The zero-order valence-electron chi connectivity index (χ0n) is 15.1. The first-order chi connectivity index (χ1) is 13.6. The van der Waals surface area contributed by atoms with Crippen LogP contribution in [0.1, 0.15) is 22.9 Å². The van der Waals surface area contributed by atoms with Gasteiger partial charge in [0.15, 0.2) is 5.11 Å². The molecule has 5 nitrogen and oxygen atoms in total. The second kappa shape index (κ2) is 6.21. The number of nitrogens with one attached hydrogen (secondary N) is 1. The van der Waals surface area contributed by atoms with Gasteiger partial charge in [0.1, 0.15) is 11.8 Å². The van der Waals surface area contributed by atoms with E-state index in [9.17, 15) is 9.90 Å². The number of phenols is 1. The number of benzene rings is 2. The fourth-order valence-electron chi connectivity index (χ4n) is 4.43. The summed E-state index contributed by atoms with van der Waals surface area (Å²) in [5.74, 6) is 0.228. The van der Waals surface area contributed by atoms with E-state index in [0.29, 0.717) is 18.1 Å². The number of aromatic hydroxyl groups is 1. The first-order valence-corrected chi connectivity index (χ1v) is 9.64. The Morgan fingerprint density at radius 2 is 1.96 bits per heavy atom. The van der Waals surface area contributed by atoms with Gasteiger partial charge in [-0.3, -0.25) is 9.69 Å². The number of thiocarbonyl (C=S) groups is 1. The molecule has 0 spiro atoms. The zero-order chi connectivity index (χ0) is 19.4. The molecule has 0 bridgehead atoms. The van der Waals surface area contributed by atoms with E-state index in [1.807, 2.05) is 29.2 Å². The van der Waals surface area contributed by atoms with Gasteiger partial charge in [-0.25, -0.2) is 0 Å². The molecule has 140 valence electrons. The molecule has 6 heteroatoms. The molecular weight excluding hydrogens is 370 g/mol. The number of aromatic amines is 1. The van der Waals surface area contributed by atoms with Crippen molar-refractivity contribution in [2.45, 2.75) is 18.5 Å². The van der Waals surface area contributed by atoms with Crippen molar-refractivity contribution in [1.29, 1.82) is 0 Å². The van der Waals surface area contributed by atoms with Gasteiger partial charge in [-0.05, 0) is 41.5 Å². The quantitative estimate of drug-likeness (QED) is 0.532. The molecule has 3 aromatic rings. The predicted molar refractivity (Wildman–Crippen MR) is 112 cm³/mol. The first-order valence-electron chi connectivity index (χ1n) is 9.23. The third-order valence-corrected chi connectivity index (χ3v) is 6.09. The van der Waals surface area contributed by atoms with Gasteiger partial charge in [0.2, 0.25) is 0 Å². The average molecular weight is 389 g/mol. The zero-order valence-corrected chi connectivity index (χ0v) is 15.9. The van der Waals surface area contributed by atoms with Gasteiger partial charge in [0.25, 0.3) is 5.91 Å². The summed E-state index contributed by atoms with van der Waals surface area (Å²) in [6.45, 7) is 4.17. The van der Waals surface area contributed by atoms with Crippen LogP contribution in [0.2, 0.25) is 0 Å². The van der Waals surface area contributed by atoms with Gasteiger partial charge in [-0.1, -0.05) is 36.4 Å². The molecule has 0 aliphatic carbocycles. The minimum atomic E-state index is -0.335. The van der Waals surface area contributed by atoms with Crippen LogP contribution in [0.4, 0.5) is 0 Å². The van der Waals surface area contributed by atoms with E-state index in [0.717, 1.165) is 27.7 Å². The number of nitrogens with zero attached hydrogens (tertiary/aromatic N) is 2. The summed E-state index contributed by atoms with van der Waals surface area (Å²) in [5.41, 5.74) is 4.25. The Kier molecular flexibility index (Phi) is 3.77. The van der Waals surface area contributed by atoms with Crippen LogP contribution in [0.5, 0.6) is 5.75 Å². The number of H-pyrrole nitrogens is 1. The third-order valence-electron chi connectivity index (χ3n) is 5.65. The predicted octanol–water partition coefficient (Wildman–Crippen LogP) is 3.50. The van der Waals surface area contributed by atoms with Crippen LogP contribution < -0.4 is 0 Å². The molecule has 1 aromatic heterocycles. The highest BCUT2D eigenvalue weighted by Crippen LogP contribution is 2.44. The van der Waals surface area contributed by atoms with Gasteiger partial charge in [0, 0.05) is 29.6 Å². The molecule has 2 N–H and O–H groups in total. The maximum absolute atomic E-state index is 13.1. The van der Waals surface area contributed by atoms with Crippen molar-refractivity contribution >= 4 is 34.1 Å². The van der Waals surface area contributed by atoms with E-state index < -0.39 is 0 Å². The molecule has 0 unspecified atom stereocenters. The van der Waals surface area contributed by atoms with Crippen molar-refractivity contribution < 1.29 is 9.90 Å². The SMILES string of the molecule is C=CCN1C(=O)[C@@H]2Cc3c([nH]c4ccccc34)[C@H](c3ccc(O)cc3)N2C1=S. The summed E-state index contributed by atoms with van der Waals surface area (Å²) in [6.07, 6.45) is 2.31. The number of rotatable bonds is 3. The molecule has 2 aromatic carbocycles. The van der Waals surface area contributed by atoms with E-state index in [4.69, 9.17) is 12.2 Å². The third kappa shape index (κ3) is 2.31. The lowest BCUT2D eigenvalue weighted by atomic mass is 9.89.